The molecule has 3 nitrogen and oxygen atoms in total. The summed E-state index contributed by atoms with van der Waals surface area (Å²) < 4.78 is 15.4. The number of aliphatic hydroxyl groups is 1. The highest BCUT2D eigenvalue weighted by molar-refractivity contribution is 5.83. The molecule has 0 atom stereocenters. The van der Waals surface area contributed by atoms with Gasteiger partial charge in [-0.1, -0.05) is 24.3 Å². The van der Waals surface area contributed by atoms with Gasteiger partial charge < -0.3 is 9.67 Å². The summed E-state index contributed by atoms with van der Waals surface area (Å²) in [5.41, 5.74) is 2.75. The lowest BCUT2D eigenvalue weighted by Gasteiger charge is -2.06. The Hall–Kier alpha value is -2.64. The topological polar surface area (TPSA) is 49.0 Å². The maximum Gasteiger partial charge on any atom is 0.140 e. The van der Waals surface area contributed by atoms with Gasteiger partial charge in [0.05, 0.1) is 12.2 Å². The summed E-state index contributed by atoms with van der Waals surface area (Å²) in [5, 5.41) is 19.3. The quantitative estimate of drug-likeness (QED) is 0.801. The van der Waals surface area contributed by atoms with Crippen LogP contribution in [0.4, 0.5) is 4.39 Å². The van der Waals surface area contributed by atoms with Gasteiger partial charge in [-0.05, 0) is 23.8 Å². The molecule has 0 fully saturated rings. The van der Waals surface area contributed by atoms with Gasteiger partial charge in [-0.3, -0.25) is 0 Å². The molecule has 1 aromatic heterocycles. The van der Waals surface area contributed by atoms with Gasteiger partial charge in [0.15, 0.2) is 0 Å². The first-order chi connectivity index (χ1) is 10.2. The Labute approximate surface area is 121 Å². The number of benzene rings is 2. The highest BCUT2D eigenvalue weighted by atomic mass is 19.1. The van der Waals surface area contributed by atoms with E-state index in [1.807, 2.05) is 41.1 Å². The van der Waals surface area contributed by atoms with Crippen LogP contribution in [0.3, 0.4) is 0 Å². The van der Waals surface area contributed by atoms with E-state index in [1.165, 1.54) is 6.07 Å². The lowest BCUT2D eigenvalue weighted by Crippen LogP contribution is -1.99. The van der Waals surface area contributed by atoms with Crippen molar-refractivity contribution in [1.82, 2.24) is 4.57 Å². The number of hydrogen-bond acceptors (Lipinski definition) is 2. The van der Waals surface area contributed by atoms with Crippen LogP contribution in [0.1, 0.15) is 16.7 Å². The molecule has 4 heteroatoms. The van der Waals surface area contributed by atoms with Crippen molar-refractivity contribution in [3.8, 4) is 6.07 Å². The molecule has 0 aliphatic heterocycles. The van der Waals surface area contributed by atoms with E-state index in [9.17, 15) is 9.50 Å². The third kappa shape index (κ3) is 2.39. The molecule has 0 aliphatic rings. The molecule has 0 aliphatic carbocycles. The van der Waals surface area contributed by atoms with E-state index in [2.05, 4.69) is 0 Å². The monoisotopic (exact) mass is 280 g/mol. The summed E-state index contributed by atoms with van der Waals surface area (Å²) in [6, 6.07) is 14.2. The molecule has 0 radical (unpaired) electrons. The minimum absolute atomic E-state index is 0.0274. The van der Waals surface area contributed by atoms with Crippen LogP contribution in [-0.2, 0) is 13.2 Å². The first kappa shape index (κ1) is 13.3. The molecule has 0 bridgehead atoms. The van der Waals surface area contributed by atoms with Gasteiger partial charge in [-0.15, -0.1) is 0 Å². The Bertz CT molecular complexity index is 846. The zero-order valence-corrected chi connectivity index (χ0v) is 11.3. The first-order valence-corrected chi connectivity index (χ1v) is 6.59. The Morgan fingerprint density at radius 3 is 2.76 bits per heavy atom. The van der Waals surface area contributed by atoms with E-state index in [1.54, 1.807) is 12.1 Å². The molecular weight excluding hydrogens is 267 g/mol. The number of aliphatic hydroxyl groups excluding tert-OH is 1. The smallest absolute Gasteiger partial charge is 0.140 e. The summed E-state index contributed by atoms with van der Waals surface area (Å²) in [6.45, 7) is 0.496. The standard InChI is InChI=1S/C17H13FN2O/c18-16-6-5-12(7-13(16)8-19)9-20-10-14(11-21)15-3-1-2-4-17(15)20/h1-7,10,21H,9,11H2. The molecule has 0 amide bonds. The summed E-state index contributed by atoms with van der Waals surface area (Å²) in [6.07, 6.45) is 1.89. The predicted octanol–water partition coefficient (Wildman–Crippen LogP) is 3.19. The summed E-state index contributed by atoms with van der Waals surface area (Å²) in [5.74, 6) is -0.505. The number of nitrogens with zero attached hydrogens (tertiary/aromatic N) is 2. The van der Waals surface area contributed by atoms with Crippen LogP contribution >= 0.6 is 0 Å². The zero-order valence-electron chi connectivity index (χ0n) is 11.3. The van der Waals surface area contributed by atoms with Crippen LogP contribution < -0.4 is 0 Å². The lowest BCUT2D eigenvalue weighted by atomic mass is 10.1. The molecule has 0 spiro atoms. The van der Waals surface area contributed by atoms with Gasteiger partial charge in [0.2, 0.25) is 0 Å². The van der Waals surface area contributed by atoms with Crippen molar-refractivity contribution in [1.29, 1.82) is 5.26 Å². The number of para-hydroxylation sites is 1. The molecule has 2 aromatic carbocycles. The van der Waals surface area contributed by atoms with Gasteiger partial charge in [0.1, 0.15) is 11.9 Å². The molecule has 0 saturated heterocycles. The average molecular weight is 280 g/mol. The fourth-order valence-corrected chi connectivity index (χ4v) is 2.53. The van der Waals surface area contributed by atoms with Crippen LogP contribution in [0.5, 0.6) is 0 Å². The van der Waals surface area contributed by atoms with Crippen LogP contribution in [0.2, 0.25) is 0 Å². The van der Waals surface area contributed by atoms with Gasteiger partial charge >= 0.3 is 0 Å². The van der Waals surface area contributed by atoms with Crippen LogP contribution in [0.25, 0.3) is 10.9 Å². The second kappa shape index (κ2) is 5.39. The second-order valence-corrected chi connectivity index (χ2v) is 4.88. The molecule has 3 rings (SSSR count). The minimum atomic E-state index is -0.505. The minimum Gasteiger partial charge on any atom is -0.392 e. The van der Waals surface area contributed by atoms with Crippen molar-refractivity contribution in [2.45, 2.75) is 13.2 Å². The Morgan fingerprint density at radius 1 is 1.19 bits per heavy atom. The molecule has 0 saturated carbocycles. The fraction of sp³-hybridized carbons (Fsp3) is 0.118. The summed E-state index contributed by atoms with van der Waals surface area (Å²) >= 11 is 0. The van der Waals surface area contributed by atoms with Crippen molar-refractivity contribution in [3.63, 3.8) is 0 Å². The second-order valence-electron chi connectivity index (χ2n) is 4.88. The molecule has 21 heavy (non-hydrogen) atoms. The normalized spacial score (nSPS) is 10.7. The zero-order chi connectivity index (χ0) is 14.8. The number of halogens is 1. The molecule has 1 N–H and O–H groups in total. The van der Waals surface area contributed by atoms with E-state index in [-0.39, 0.29) is 12.2 Å². The van der Waals surface area contributed by atoms with Crippen LogP contribution in [-0.4, -0.2) is 9.67 Å². The van der Waals surface area contributed by atoms with Gasteiger partial charge in [-0.2, -0.15) is 5.26 Å². The molecule has 1 heterocycles. The van der Waals surface area contributed by atoms with Crippen molar-refractivity contribution >= 4 is 10.9 Å². The number of hydrogen-bond donors (Lipinski definition) is 1. The lowest BCUT2D eigenvalue weighted by molar-refractivity contribution is 0.283. The predicted molar refractivity (Wildman–Crippen MR) is 78.1 cm³/mol. The maximum absolute atomic E-state index is 13.4. The van der Waals surface area contributed by atoms with Gasteiger partial charge in [0, 0.05) is 29.2 Å². The van der Waals surface area contributed by atoms with Crippen molar-refractivity contribution in [2.24, 2.45) is 0 Å². The van der Waals surface area contributed by atoms with E-state index in [0.717, 1.165) is 22.0 Å². The van der Waals surface area contributed by atoms with Gasteiger partial charge in [0.25, 0.3) is 0 Å². The maximum atomic E-state index is 13.4. The fourth-order valence-electron chi connectivity index (χ4n) is 2.53. The first-order valence-electron chi connectivity index (χ1n) is 6.59. The number of aromatic nitrogens is 1. The van der Waals surface area contributed by atoms with Crippen molar-refractivity contribution in [2.75, 3.05) is 0 Å². The Morgan fingerprint density at radius 2 is 2.00 bits per heavy atom. The highest BCUT2D eigenvalue weighted by Gasteiger charge is 2.09. The van der Waals surface area contributed by atoms with E-state index < -0.39 is 5.82 Å². The molecule has 104 valence electrons. The van der Waals surface area contributed by atoms with Crippen molar-refractivity contribution in [3.05, 3.63) is 71.2 Å². The summed E-state index contributed by atoms with van der Waals surface area (Å²) in [4.78, 5) is 0. The third-order valence-electron chi connectivity index (χ3n) is 3.55. The number of nitriles is 1. The number of rotatable bonds is 3. The molecule has 0 unspecified atom stereocenters. The average Bonchev–Trinajstić information content (AvgIpc) is 2.87. The Balaban J connectivity index is 2.04. The SMILES string of the molecule is N#Cc1cc(Cn2cc(CO)c3ccccc32)ccc1F. The van der Waals surface area contributed by atoms with E-state index >= 15 is 0 Å². The van der Waals surface area contributed by atoms with Crippen LogP contribution in [0.15, 0.2) is 48.7 Å². The van der Waals surface area contributed by atoms with E-state index in [0.29, 0.717) is 6.54 Å². The largest absolute Gasteiger partial charge is 0.392 e. The van der Waals surface area contributed by atoms with Gasteiger partial charge in [-0.25, -0.2) is 4.39 Å². The molecular formula is C17H13FN2O. The molecule has 3 aromatic rings. The van der Waals surface area contributed by atoms with Crippen LogP contribution in [0, 0.1) is 17.1 Å². The Kier molecular flexibility index (Phi) is 3.43. The highest BCUT2D eigenvalue weighted by Crippen LogP contribution is 2.22. The van der Waals surface area contributed by atoms with E-state index in [4.69, 9.17) is 5.26 Å². The third-order valence-corrected chi connectivity index (χ3v) is 3.55. The summed E-state index contributed by atoms with van der Waals surface area (Å²) in [7, 11) is 0. The number of fused-ring (bicyclic) bond motifs is 1. The van der Waals surface area contributed by atoms with Crippen molar-refractivity contribution < 1.29 is 9.50 Å².